The van der Waals surface area contributed by atoms with Crippen LogP contribution in [0.4, 0.5) is 11.4 Å². The number of fused-ring (bicyclic) bond motifs is 1. The Hall–Kier alpha value is -3.34. The zero-order valence-corrected chi connectivity index (χ0v) is 18.6. The van der Waals surface area contributed by atoms with E-state index in [1.54, 1.807) is 42.8 Å². The van der Waals surface area contributed by atoms with E-state index in [2.05, 4.69) is 15.6 Å². The Bertz CT molecular complexity index is 1270. The van der Waals surface area contributed by atoms with Crippen molar-refractivity contribution in [3.63, 3.8) is 0 Å². The number of amides is 2. The van der Waals surface area contributed by atoms with Crippen LogP contribution in [0.1, 0.15) is 20.3 Å². The molecule has 1 aromatic carbocycles. The number of rotatable bonds is 7. The van der Waals surface area contributed by atoms with E-state index in [-0.39, 0.29) is 23.2 Å². The SMILES string of the molecule is CCC(=O)Nc1cccc(NC(=O)CSc2nc3c(c(=O)n(C)c(=O)n3C)n2CC)c1. The van der Waals surface area contributed by atoms with Gasteiger partial charge in [-0.3, -0.25) is 23.5 Å². The third kappa shape index (κ3) is 4.55. The normalized spacial score (nSPS) is 11.0. The number of aryl methyl sites for hydroxylation is 2. The monoisotopic (exact) mass is 444 g/mol. The van der Waals surface area contributed by atoms with Gasteiger partial charge in [-0.05, 0) is 25.1 Å². The number of anilines is 2. The zero-order valence-electron chi connectivity index (χ0n) is 17.8. The molecule has 164 valence electrons. The van der Waals surface area contributed by atoms with E-state index in [4.69, 9.17) is 0 Å². The fourth-order valence-electron chi connectivity index (χ4n) is 3.08. The Morgan fingerprint density at radius 3 is 2.29 bits per heavy atom. The Morgan fingerprint density at radius 2 is 1.68 bits per heavy atom. The molecule has 0 saturated heterocycles. The summed E-state index contributed by atoms with van der Waals surface area (Å²) < 4.78 is 4.07. The number of thioether (sulfide) groups is 1. The van der Waals surface area contributed by atoms with Crippen LogP contribution in [0.2, 0.25) is 0 Å². The molecule has 31 heavy (non-hydrogen) atoms. The van der Waals surface area contributed by atoms with E-state index in [0.717, 1.165) is 4.57 Å². The summed E-state index contributed by atoms with van der Waals surface area (Å²) >= 11 is 1.18. The summed E-state index contributed by atoms with van der Waals surface area (Å²) in [5.74, 6) is -0.318. The summed E-state index contributed by atoms with van der Waals surface area (Å²) in [4.78, 5) is 53.2. The molecule has 3 aromatic rings. The highest BCUT2D eigenvalue weighted by Gasteiger charge is 2.19. The van der Waals surface area contributed by atoms with Crippen molar-refractivity contribution in [1.82, 2.24) is 18.7 Å². The molecule has 0 unspecified atom stereocenters. The molecule has 0 aliphatic carbocycles. The Kier molecular flexibility index (Phi) is 6.64. The summed E-state index contributed by atoms with van der Waals surface area (Å²) in [7, 11) is 2.98. The minimum absolute atomic E-state index is 0.0587. The average Bonchev–Trinajstić information content (AvgIpc) is 3.13. The van der Waals surface area contributed by atoms with Crippen molar-refractivity contribution < 1.29 is 9.59 Å². The number of nitrogens with zero attached hydrogens (tertiary/aromatic N) is 4. The average molecular weight is 445 g/mol. The van der Waals surface area contributed by atoms with Crippen LogP contribution in [0.3, 0.4) is 0 Å². The second-order valence-corrected chi connectivity index (χ2v) is 7.78. The van der Waals surface area contributed by atoms with Gasteiger partial charge in [0.15, 0.2) is 16.3 Å². The van der Waals surface area contributed by atoms with Gasteiger partial charge in [-0.15, -0.1) is 0 Å². The van der Waals surface area contributed by atoms with Crippen LogP contribution >= 0.6 is 11.8 Å². The lowest BCUT2D eigenvalue weighted by Gasteiger charge is -2.09. The number of benzene rings is 1. The molecule has 2 amide bonds. The predicted molar refractivity (Wildman–Crippen MR) is 121 cm³/mol. The second-order valence-electron chi connectivity index (χ2n) is 6.84. The van der Waals surface area contributed by atoms with Crippen molar-refractivity contribution in [2.24, 2.45) is 14.1 Å². The molecule has 0 aliphatic heterocycles. The lowest BCUT2D eigenvalue weighted by molar-refractivity contribution is -0.116. The molecular weight excluding hydrogens is 420 g/mol. The van der Waals surface area contributed by atoms with Crippen molar-refractivity contribution >= 4 is 46.1 Å². The van der Waals surface area contributed by atoms with Crippen LogP contribution in [-0.4, -0.2) is 36.3 Å². The predicted octanol–water partition coefficient (Wildman–Crippen LogP) is 1.53. The van der Waals surface area contributed by atoms with E-state index in [9.17, 15) is 19.2 Å². The summed E-state index contributed by atoms with van der Waals surface area (Å²) in [5, 5.41) is 6.01. The first-order valence-corrected chi connectivity index (χ1v) is 10.7. The number of aromatic nitrogens is 4. The molecule has 0 fully saturated rings. The Balaban J connectivity index is 1.78. The number of carbonyl (C=O) groups excluding carboxylic acids is 2. The van der Waals surface area contributed by atoms with Gasteiger partial charge in [-0.25, -0.2) is 9.78 Å². The van der Waals surface area contributed by atoms with Gasteiger partial charge in [-0.1, -0.05) is 24.8 Å². The Morgan fingerprint density at radius 1 is 1.03 bits per heavy atom. The van der Waals surface area contributed by atoms with Crippen molar-refractivity contribution in [2.75, 3.05) is 16.4 Å². The summed E-state index contributed by atoms with van der Waals surface area (Å²) in [5.41, 5.74) is 0.894. The van der Waals surface area contributed by atoms with Gasteiger partial charge in [0.25, 0.3) is 5.56 Å². The smallest absolute Gasteiger partial charge is 0.326 e. The van der Waals surface area contributed by atoms with E-state index in [1.165, 1.54) is 23.4 Å². The number of hydrogen-bond donors (Lipinski definition) is 2. The maximum atomic E-state index is 12.6. The summed E-state index contributed by atoms with van der Waals surface area (Å²) in [6.07, 6.45) is 0.361. The van der Waals surface area contributed by atoms with Crippen LogP contribution in [0.5, 0.6) is 0 Å². The minimum Gasteiger partial charge on any atom is -0.326 e. The molecule has 0 bridgehead atoms. The number of nitrogens with one attached hydrogen (secondary N) is 2. The second kappa shape index (κ2) is 9.21. The third-order valence-corrected chi connectivity index (χ3v) is 5.69. The van der Waals surface area contributed by atoms with E-state index in [1.807, 2.05) is 6.92 Å². The molecular formula is C20H24N6O4S. The van der Waals surface area contributed by atoms with Gasteiger partial charge in [0.05, 0.1) is 5.75 Å². The van der Waals surface area contributed by atoms with Gasteiger partial charge in [0, 0.05) is 38.4 Å². The molecule has 2 N–H and O–H groups in total. The first-order chi connectivity index (χ1) is 14.8. The molecule has 0 aliphatic rings. The van der Waals surface area contributed by atoms with Crippen molar-refractivity contribution in [3.05, 3.63) is 45.1 Å². The van der Waals surface area contributed by atoms with Crippen LogP contribution in [-0.2, 0) is 30.2 Å². The molecule has 2 aromatic heterocycles. The highest BCUT2D eigenvalue weighted by atomic mass is 32.2. The third-order valence-electron chi connectivity index (χ3n) is 4.71. The van der Waals surface area contributed by atoms with Crippen LogP contribution in [0.15, 0.2) is 39.0 Å². The maximum Gasteiger partial charge on any atom is 0.332 e. The Labute approximate surface area is 182 Å². The van der Waals surface area contributed by atoms with Gasteiger partial charge >= 0.3 is 5.69 Å². The highest BCUT2D eigenvalue weighted by molar-refractivity contribution is 7.99. The fraction of sp³-hybridized carbons (Fsp3) is 0.350. The van der Waals surface area contributed by atoms with E-state index < -0.39 is 11.2 Å². The van der Waals surface area contributed by atoms with E-state index >= 15 is 0 Å². The zero-order chi connectivity index (χ0) is 22.7. The largest absolute Gasteiger partial charge is 0.332 e. The number of imidazole rings is 1. The lowest BCUT2D eigenvalue weighted by atomic mass is 10.2. The summed E-state index contributed by atoms with van der Waals surface area (Å²) in [6, 6.07) is 6.88. The molecule has 0 saturated carbocycles. The fourth-order valence-corrected chi connectivity index (χ4v) is 3.94. The summed E-state index contributed by atoms with van der Waals surface area (Å²) in [6.45, 7) is 4.09. The van der Waals surface area contributed by atoms with E-state index in [0.29, 0.717) is 35.0 Å². The highest BCUT2D eigenvalue weighted by Crippen LogP contribution is 2.22. The van der Waals surface area contributed by atoms with Crippen LogP contribution < -0.4 is 21.9 Å². The molecule has 0 spiro atoms. The molecule has 0 radical (unpaired) electrons. The molecule has 3 rings (SSSR count). The first-order valence-electron chi connectivity index (χ1n) is 9.75. The maximum absolute atomic E-state index is 12.6. The molecule has 2 heterocycles. The topological polar surface area (TPSA) is 120 Å². The standard InChI is InChI=1S/C20H24N6O4S/c1-5-14(27)21-12-8-7-9-13(10-12)22-15(28)11-31-19-23-17-16(26(19)6-2)18(29)25(4)20(30)24(17)3/h7-10H,5-6,11H2,1-4H3,(H,21,27)(H,22,28). The number of hydrogen-bond acceptors (Lipinski definition) is 6. The lowest BCUT2D eigenvalue weighted by Crippen LogP contribution is -2.37. The van der Waals surface area contributed by atoms with Gasteiger partial charge in [-0.2, -0.15) is 0 Å². The molecule has 0 atom stereocenters. The number of carbonyl (C=O) groups is 2. The molecule has 11 heteroatoms. The van der Waals surface area contributed by atoms with Gasteiger partial charge < -0.3 is 15.2 Å². The first kappa shape index (κ1) is 22.3. The van der Waals surface area contributed by atoms with Crippen molar-refractivity contribution in [1.29, 1.82) is 0 Å². The van der Waals surface area contributed by atoms with Gasteiger partial charge in [0.1, 0.15) is 0 Å². The minimum atomic E-state index is -0.456. The van der Waals surface area contributed by atoms with Crippen molar-refractivity contribution in [3.8, 4) is 0 Å². The van der Waals surface area contributed by atoms with Gasteiger partial charge in [0.2, 0.25) is 11.8 Å². The van der Waals surface area contributed by atoms with Crippen LogP contribution in [0, 0.1) is 0 Å². The molecule has 10 nitrogen and oxygen atoms in total. The van der Waals surface area contributed by atoms with Crippen molar-refractivity contribution in [2.45, 2.75) is 32.0 Å². The quantitative estimate of drug-likeness (QED) is 0.534. The van der Waals surface area contributed by atoms with Crippen LogP contribution in [0.25, 0.3) is 11.2 Å².